The molecule has 0 heterocycles. The van der Waals surface area contributed by atoms with E-state index in [4.69, 9.17) is 37.0 Å². The Bertz CT molecular complexity index is 1800. The number of hydrogen-bond donors (Lipinski definition) is 3. The summed E-state index contributed by atoms with van der Waals surface area (Å²) in [7, 11) is -9.91. The van der Waals surface area contributed by atoms with E-state index in [0.717, 1.165) is 102 Å². The van der Waals surface area contributed by atoms with Gasteiger partial charge < -0.3 is 33.8 Å². The second kappa shape index (κ2) is 66.0. The first kappa shape index (κ1) is 91.1. The highest BCUT2D eigenvalue weighted by molar-refractivity contribution is 7.47. The minimum Gasteiger partial charge on any atom is -0.462 e. The molecule has 2 unspecified atom stereocenters. The number of phosphoric acid groups is 2. The summed E-state index contributed by atoms with van der Waals surface area (Å²) in [6.07, 6.45) is 52.7. The lowest BCUT2D eigenvalue weighted by molar-refractivity contribution is -0.161. The Morgan fingerprint density at radius 3 is 0.731 bits per heavy atom. The third-order valence-electron chi connectivity index (χ3n) is 17.2. The molecule has 0 rings (SSSR count). The molecular weight excluding hydrogens is 1220 g/mol. The summed E-state index contributed by atoms with van der Waals surface area (Å²) >= 11 is 0. The molecule has 0 aliphatic rings. The summed E-state index contributed by atoms with van der Waals surface area (Å²) in [5.41, 5.74) is 0. The number of aliphatic hydroxyl groups excluding tert-OH is 1. The molecule has 0 fully saturated rings. The molecule has 0 saturated carbocycles. The number of rotatable bonds is 73. The van der Waals surface area contributed by atoms with Crippen LogP contribution in [-0.2, 0) is 65.4 Å². The maximum absolute atomic E-state index is 13.1. The van der Waals surface area contributed by atoms with Gasteiger partial charge in [-0.15, -0.1) is 0 Å². The average Bonchev–Trinajstić information content (AvgIpc) is 1.48. The van der Waals surface area contributed by atoms with E-state index in [1.54, 1.807) is 0 Å². The first-order valence-electron chi connectivity index (χ1n) is 38.5. The van der Waals surface area contributed by atoms with E-state index >= 15 is 0 Å². The van der Waals surface area contributed by atoms with Crippen molar-refractivity contribution in [3.05, 3.63) is 0 Å². The van der Waals surface area contributed by atoms with Crippen molar-refractivity contribution in [1.29, 1.82) is 0 Å². The van der Waals surface area contributed by atoms with E-state index in [2.05, 4.69) is 41.5 Å². The van der Waals surface area contributed by atoms with Gasteiger partial charge >= 0.3 is 39.5 Å². The van der Waals surface area contributed by atoms with Crippen LogP contribution in [0.5, 0.6) is 0 Å². The third kappa shape index (κ3) is 68.4. The topological polar surface area (TPSA) is 237 Å². The van der Waals surface area contributed by atoms with E-state index < -0.39 is 97.5 Å². The molecule has 0 saturated heterocycles. The van der Waals surface area contributed by atoms with E-state index in [1.807, 2.05) is 0 Å². The van der Waals surface area contributed by atoms with Crippen molar-refractivity contribution in [2.24, 2.45) is 11.8 Å². The summed E-state index contributed by atoms with van der Waals surface area (Å²) in [6, 6.07) is 0. The highest BCUT2D eigenvalue weighted by Crippen LogP contribution is 2.45. The second-order valence-electron chi connectivity index (χ2n) is 27.6. The maximum Gasteiger partial charge on any atom is 0.472 e. The molecule has 0 aromatic carbocycles. The fourth-order valence-electron chi connectivity index (χ4n) is 11.3. The quantitative estimate of drug-likeness (QED) is 0.0222. The number of ether oxygens (including phenoxy) is 4. The summed E-state index contributed by atoms with van der Waals surface area (Å²) < 4.78 is 68.4. The zero-order valence-corrected chi connectivity index (χ0v) is 62.3. The lowest BCUT2D eigenvalue weighted by Crippen LogP contribution is -2.30. The highest BCUT2D eigenvalue weighted by atomic mass is 31.2. The van der Waals surface area contributed by atoms with Crippen LogP contribution < -0.4 is 0 Å². The van der Waals surface area contributed by atoms with Crippen LogP contribution in [0.1, 0.15) is 382 Å². The number of carbonyl (C=O) groups excluding carboxylic acids is 4. The maximum atomic E-state index is 13.1. The molecule has 0 radical (unpaired) electrons. The van der Waals surface area contributed by atoms with Crippen LogP contribution in [0.3, 0.4) is 0 Å². The number of hydrogen-bond acceptors (Lipinski definition) is 15. The molecule has 0 bridgehead atoms. The summed E-state index contributed by atoms with van der Waals surface area (Å²) in [5, 5.41) is 10.6. The molecule has 0 aromatic rings. The average molecular weight is 1370 g/mol. The molecule has 19 heteroatoms. The van der Waals surface area contributed by atoms with Gasteiger partial charge in [-0.2, -0.15) is 0 Å². The predicted octanol–water partition coefficient (Wildman–Crippen LogP) is 21.6. The first-order chi connectivity index (χ1) is 44.9. The van der Waals surface area contributed by atoms with Gasteiger partial charge in [-0.05, 0) is 37.5 Å². The Labute approximate surface area is 568 Å². The van der Waals surface area contributed by atoms with Crippen LogP contribution in [-0.4, -0.2) is 96.7 Å². The summed E-state index contributed by atoms with van der Waals surface area (Å²) in [4.78, 5) is 72.7. The largest absolute Gasteiger partial charge is 0.472 e. The fraction of sp³-hybridized carbons (Fsp3) is 0.946. The number of aliphatic hydroxyl groups is 1. The van der Waals surface area contributed by atoms with Gasteiger partial charge in [-0.1, -0.05) is 330 Å². The Balaban J connectivity index is 5.23. The number of carbonyl (C=O) groups is 4. The van der Waals surface area contributed by atoms with E-state index in [1.165, 1.54) is 199 Å². The molecule has 3 N–H and O–H groups in total. The molecule has 0 amide bonds. The zero-order valence-electron chi connectivity index (χ0n) is 60.6. The standard InChI is InChI=1S/C74H144O17P2/c1-7-9-11-13-15-17-19-20-21-22-23-24-25-28-33-40-46-52-58-73(78)90-69(62-85-72(77)57-51-45-39-32-29-26-27-30-36-42-48-54-66(3)4)64-88-92(80,81)86-60-68(75)61-87-93(82,83)89-65-70(63-84-71(76)56-50-44-38-31-18-16-14-12-10-8-2)91-74(79)59-53-47-41-35-34-37-43-49-55-67(5)6/h66-70,75H,7-65H2,1-6H3,(H,80,81)(H,82,83)/t68-,69-,70-/m1/s1. The van der Waals surface area contributed by atoms with Crippen LogP contribution >= 0.6 is 15.6 Å². The summed E-state index contributed by atoms with van der Waals surface area (Å²) in [5.74, 6) is -0.630. The van der Waals surface area contributed by atoms with Crippen molar-refractivity contribution >= 4 is 39.5 Å². The van der Waals surface area contributed by atoms with E-state index in [-0.39, 0.29) is 25.7 Å². The predicted molar refractivity (Wildman–Crippen MR) is 377 cm³/mol. The molecule has 17 nitrogen and oxygen atoms in total. The van der Waals surface area contributed by atoms with Gasteiger partial charge in [0, 0.05) is 25.7 Å². The molecule has 0 aromatic heterocycles. The Morgan fingerprint density at radius 2 is 0.495 bits per heavy atom. The Morgan fingerprint density at radius 1 is 0.290 bits per heavy atom. The minimum absolute atomic E-state index is 0.105. The molecule has 5 atom stereocenters. The van der Waals surface area contributed by atoms with Crippen LogP contribution in [0.4, 0.5) is 0 Å². The molecule has 552 valence electrons. The molecule has 0 spiro atoms. The van der Waals surface area contributed by atoms with Gasteiger partial charge in [-0.3, -0.25) is 37.3 Å². The van der Waals surface area contributed by atoms with E-state index in [9.17, 15) is 43.2 Å². The zero-order chi connectivity index (χ0) is 68.6. The lowest BCUT2D eigenvalue weighted by Gasteiger charge is -2.21. The summed E-state index contributed by atoms with van der Waals surface area (Å²) in [6.45, 7) is 9.54. The van der Waals surface area contributed by atoms with Crippen LogP contribution in [0.15, 0.2) is 0 Å². The van der Waals surface area contributed by atoms with Crippen LogP contribution in [0, 0.1) is 11.8 Å². The minimum atomic E-state index is -4.96. The normalized spacial score (nSPS) is 14.1. The van der Waals surface area contributed by atoms with Crippen molar-refractivity contribution in [3.63, 3.8) is 0 Å². The van der Waals surface area contributed by atoms with Gasteiger partial charge in [-0.25, -0.2) is 9.13 Å². The molecule has 0 aliphatic carbocycles. The van der Waals surface area contributed by atoms with Crippen molar-refractivity contribution in [3.8, 4) is 0 Å². The van der Waals surface area contributed by atoms with Gasteiger partial charge in [0.05, 0.1) is 26.4 Å². The van der Waals surface area contributed by atoms with Gasteiger partial charge in [0.1, 0.15) is 19.3 Å². The van der Waals surface area contributed by atoms with Gasteiger partial charge in [0.15, 0.2) is 12.2 Å². The Hall–Kier alpha value is -1.94. The van der Waals surface area contributed by atoms with Crippen LogP contribution in [0.2, 0.25) is 0 Å². The Kier molecular flexibility index (Phi) is 64.6. The van der Waals surface area contributed by atoms with Crippen molar-refractivity contribution in [2.75, 3.05) is 39.6 Å². The monoisotopic (exact) mass is 1370 g/mol. The van der Waals surface area contributed by atoms with Gasteiger partial charge in [0.2, 0.25) is 0 Å². The van der Waals surface area contributed by atoms with Crippen molar-refractivity contribution < 1.29 is 80.2 Å². The van der Waals surface area contributed by atoms with Crippen LogP contribution in [0.25, 0.3) is 0 Å². The smallest absolute Gasteiger partial charge is 0.462 e. The number of esters is 4. The molecule has 0 aliphatic heterocycles. The SMILES string of the molecule is CCCCCCCCCCCCCCCCCCCCC(=O)O[C@H](COC(=O)CCCCCCCCCCCCCC(C)C)COP(=O)(O)OC[C@@H](O)COP(=O)(O)OC[C@@H](COC(=O)CCCCCCCCCCCC)OC(=O)CCCCCCCCCCC(C)C. The lowest BCUT2D eigenvalue weighted by atomic mass is 10.0. The highest BCUT2D eigenvalue weighted by Gasteiger charge is 2.30. The second-order valence-corrected chi connectivity index (χ2v) is 30.5. The first-order valence-corrected chi connectivity index (χ1v) is 41.5. The fourth-order valence-corrected chi connectivity index (χ4v) is 12.9. The number of phosphoric ester groups is 2. The third-order valence-corrected chi connectivity index (χ3v) is 19.1. The molecular formula is C74H144O17P2. The van der Waals surface area contributed by atoms with Gasteiger partial charge in [0.25, 0.3) is 0 Å². The molecule has 93 heavy (non-hydrogen) atoms. The van der Waals surface area contributed by atoms with Crippen molar-refractivity contribution in [2.45, 2.75) is 400 Å². The van der Waals surface area contributed by atoms with E-state index in [0.29, 0.717) is 25.7 Å². The van der Waals surface area contributed by atoms with Crippen molar-refractivity contribution in [1.82, 2.24) is 0 Å². The number of unbranched alkanes of at least 4 members (excludes halogenated alkanes) is 43.